The van der Waals surface area contributed by atoms with E-state index in [1.54, 1.807) is 0 Å². The highest BCUT2D eigenvalue weighted by Crippen LogP contribution is 1.73. The monoisotopic (exact) mass is 173 g/mol. The van der Waals surface area contributed by atoms with Gasteiger partial charge >= 0.3 is 6.03 Å². The van der Waals surface area contributed by atoms with Crippen LogP contribution in [0.3, 0.4) is 0 Å². The van der Waals surface area contributed by atoms with Crippen LogP contribution in [0.25, 0.3) is 0 Å². The van der Waals surface area contributed by atoms with Gasteiger partial charge in [0.2, 0.25) is 0 Å². The van der Waals surface area contributed by atoms with E-state index in [9.17, 15) is 4.79 Å². The number of nitrogens with one attached hydrogen (secondary N) is 3. The maximum Gasteiger partial charge on any atom is 0.315 e. The number of rotatable bonds is 5. The molecule has 0 rings (SSSR count). The highest BCUT2D eigenvalue weighted by molar-refractivity contribution is 5.73. The standard InChI is InChI=1S/C8H19N3O/c1-4-5-9-8(12)11-6-10-7(2)3/h7,10H,4-6H2,1-3H3,(H2,9,11,12). The molecule has 0 spiro atoms. The van der Waals surface area contributed by atoms with Crippen LogP contribution >= 0.6 is 0 Å². The Hall–Kier alpha value is -0.770. The number of hydrogen-bond donors (Lipinski definition) is 3. The molecule has 2 amide bonds. The molecule has 0 aromatic rings. The molecular weight excluding hydrogens is 154 g/mol. The van der Waals surface area contributed by atoms with E-state index >= 15 is 0 Å². The molecule has 0 aliphatic heterocycles. The predicted molar refractivity (Wildman–Crippen MR) is 50.0 cm³/mol. The number of urea groups is 1. The first kappa shape index (κ1) is 11.2. The Morgan fingerprint density at radius 3 is 2.50 bits per heavy atom. The van der Waals surface area contributed by atoms with E-state index in [0.717, 1.165) is 13.0 Å². The summed E-state index contributed by atoms with van der Waals surface area (Å²) in [5.41, 5.74) is 0. The van der Waals surface area contributed by atoms with Gasteiger partial charge in [-0.3, -0.25) is 5.32 Å². The largest absolute Gasteiger partial charge is 0.338 e. The second-order valence-corrected chi connectivity index (χ2v) is 2.97. The van der Waals surface area contributed by atoms with Crippen LogP contribution in [-0.2, 0) is 0 Å². The van der Waals surface area contributed by atoms with E-state index in [0.29, 0.717) is 12.7 Å². The summed E-state index contributed by atoms with van der Waals surface area (Å²) >= 11 is 0. The third-order valence-electron chi connectivity index (χ3n) is 1.29. The van der Waals surface area contributed by atoms with Gasteiger partial charge in [0.1, 0.15) is 0 Å². The molecular formula is C8H19N3O. The van der Waals surface area contributed by atoms with Crippen LogP contribution in [0.4, 0.5) is 4.79 Å². The van der Waals surface area contributed by atoms with E-state index in [-0.39, 0.29) is 6.03 Å². The van der Waals surface area contributed by atoms with Crippen LogP contribution in [0.1, 0.15) is 27.2 Å². The second kappa shape index (κ2) is 6.91. The minimum Gasteiger partial charge on any atom is -0.338 e. The van der Waals surface area contributed by atoms with Gasteiger partial charge in [-0.15, -0.1) is 0 Å². The van der Waals surface area contributed by atoms with Gasteiger partial charge in [0, 0.05) is 12.6 Å². The summed E-state index contributed by atoms with van der Waals surface area (Å²) in [6.45, 7) is 7.34. The summed E-state index contributed by atoms with van der Waals surface area (Å²) in [5.74, 6) is 0. The van der Waals surface area contributed by atoms with Gasteiger partial charge in [-0.25, -0.2) is 4.79 Å². The van der Waals surface area contributed by atoms with E-state index in [4.69, 9.17) is 0 Å². The van der Waals surface area contributed by atoms with Crippen LogP contribution in [0.5, 0.6) is 0 Å². The molecule has 0 radical (unpaired) electrons. The van der Waals surface area contributed by atoms with Crippen molar-refractivity contribution in [3.05, 3.63) is 0 Å². The minimum absolute atomic E-state index is 0.106. The van der Waals surface area contributed by atoms with E-state index < -0.39 is 0 Å². The molecule has 12 heavy (non-hydrogen) atoms. The average Bonchev–Trinajstić information content (AvgIpc) is 2.00. The van der Waals surface area contributed by atoms with Gasteiger partial charge in [-0.2, -0.15) is 0 Å². The molecule has 3 N–H and O–H groups in total. The van der Waals surface area contributed by atoms with Crippen LogP contribution in [-0.4, -0.2) is 25.3 Å². The quantitative estimate of drug-likeness (QED) is 0.535. The van der Waals surface area contributed by atoms with Crippen LogP contribution in [0.2, 0.25) is 0 Å². The lowest BCUT2D eigenvalue weighted by atomic mass is 10.4. The molecule has 0 unspecified atom stereocenters. The minimum atomic E-state index is -0.106. The molecule has 4 nitrogen and oxygen atoms in total. The van der Waals surface area contributed by atoms with Crippen molar-refractivity contribution in [2.75, 3.05) is 13.2 Å². The molecule has 0 aromatic heterocycles. The Bertz CT molecular complexity index is 125. The smallest absolute Gasteiger partial charge is 0.315 e. The van der Waals surface area contributed by atoms with Crippen LogP contribution < -0.4 is 16.0 Å². The molecule has 0 saturated carbocycles. The first-order valence-corrected chi connectivity index (χ1v) is 4.42. The Morgan fingerprint density at radius 1 is 1.33 bits per heavy atom. The third-order valence-corrected chi connectivity index (χ3v) is 1.29. The summed E-state index contributed by atoms with van der Waals surface area (Å²) in [6.07, 6.45) is 0.963. The van der Waals surface area contributed by atoms with Gasteiger partial charge in [0.25, 0.3) is 0 Å². The van der Waals surface area contributed by atoms with Gasteiger partial charge in [0.15, 0.2) is 0 Å². The van der Waals surface area contributed by atoms with Crippen LogP contribution in [0.15, 0.2) is 0 Å². The Kier molecular flexibility index (Phi) is 6.47. The Labute approximate surface area is 74.1 Å². The fourth-order valence-electron chi connectivity index (χ4n) is 0.636. The zero-order chi connectivity index (χ0) is 9.40. The van der Waals surface area contributed by atoms with Crippen molar-refractivity contribution in [1.29, 1.82) is 0 Å². The number of hydrogen-bond acceptors (Lipinski definition) is 2. The zero-order valence-electron chi connectivity index (χ0n) is 8.11. The van der Waals surface area contributed by atoms with E-state index in [2.05, 4.69) is 16.0 Å². The fourth-order valence-corrected chi connectivity index (χ4v) is 0.636. The van der Waals surface area contributed by atoms with Gasteiger partial charge in [-0.05, 0) is 20.3 Å². The maximum atomic E-state index is 10.9. The molecule has 0 saturated heterocycles. The predicted octanol–water partition coefficient (Wildman–Crippen LogP) is 0.651. The Balaban J connectivity index is 3.20. The number of amides is 2. The van der Waals surface area contributed by atoms with Crippen LogP contribution in [0, 0.1) is 0 Å². The maximum absolute atomic E-state index is 10.9. The van der Waals surface area contributed by atoms with E-state index in [1.165, 1.54) is 0 Å². The summed E-state index contributed by atoms with van der Waals surface area (Å²) in [4.78, 5) is 10.9. The van der Waals surface area contributed by atoms with Crippen molar-refractivity contribution in [2.24, 2.45) is 0 Å². The molecule has 0 aromatic carbocycles. The zero-order valence-corrected chi connectivity index (χ0v) is 8.11. The Morgan fingerprint density at radius 2 is 2.00 bits per heavy atom. The first-order chi connectivity index (χ1) is 5.66. The highest BCUT2D eigenvalue weighted by Gasteiger charge is 1.96. The number of carbonyl (C=O) groups excluding carboxylic acids is 1. The summed E-state index contributed by atoms with van der Waals surface area (Å²) < 4.78 is 0. The second-order valence-electron chi connectivity index (χ2n) is 2.97. The molecule has 0 aliphatic carbocycles. The lowest BCUT2D eigenvalue weighted by molar-refractivity contribution is 0.239. The lowest BCUT2D eigenvalue weighted by Crippen LogP contribution is -2.42. The molecule has 4 heteroatoms. The molecule has 0 bridgehead atoms. The fraction of sp³-hybridized carbons (Fsp3) is 0.875. The molecule has 72 valence electrons. The van der Waals surface area contributed by atoms with Crippen molar-refractivity contribution < 1.29 is 4.79 Å². The normalized spacial score (nSPS) is 10.0. The van der Waals surface area contributed by atoms with Crippen molar-refractivity contribution >= 4 is 6.03 Å². The summed E-state index contributed by atoms with van der Waals surface area (Å²) in [5, 5.41) is 8.48. The van der Waals surface area contributed by atoms with Crippen molar-refractivity contribution in [3.8, 4) is 0 Å². The van der Waals surface area contributed by atoms with E-state index in [1.807, 2.05) is 20.8 Å². The van der Waals surface area contributed by atoms with Gasteiger partial charge in [0.05, 0.1) is 6.67 Å². The average molecular weight is 173 g/mol. The molecule has 0 heterocycles. The highest BCUT2D eigenvalue weighted by atomic mass is 16.2. The van der Waals surface area contributed by atoms with Gasteiger partial charge in [-0.1, -0.05) is 6.92 Å². The summed E-state index contributed by atoms with van der Waals surface area (Å²) in [7, 11) is 0. The van der Waals surface area contributed by atoms with Crippen molar-refractivity contribution in [3.63, 3.8) is 0 Å². The number of carbonyl (C=O) groups is 1. The lowest BCUT2D eigenvalue weighted by Gasteiger charge is -2.09. The topological polar surface area (TPSA) is 53.2 Å². The van der Waals surface area contributed by atoms with Gasteiger partial charge < -0.3 is 10.6 Å². The molecule has 0 fully saturated rings. The van der Waals surface area contributed by atoms with Crippen molar-refractivity contribution in [1.82, 2.24) is 16.0 Å². The molecule has 0 aliphatic rings. The molecule has 0 atom stereocenters. The van der Waals surface area contributed by atoms with Crippen molar-refractivity contribution in [2.45, 2.75) is 33.2 Å². The first-order valence-electron chi connectivity index (χ1n) is 4.42. The SMILES string of the molecule is CCCNC(=O)NCNC(C)C. The third kappa shape index (κ3) is 7.34. The summed E-state index contributed by atoms with van der Waals surface area (Å²) in [6, 6.07) is 0.293.